The first kappa shape index (κ1) is 19.3. The normalized spacial score (nSPS) is 17.9. The highest BCUT2D eigenvalue weighted by atomic mass is 19.1. The summed E-state index contributed by atoms with van der Waals surface area (Å²) in [4.78, 5) is 11.9. The molecule has 0 amide bonds. The molecule has 1 saturated heterocycles. The van der Waals surface area contributed by atoms with Gasteiger partial charge in [0.25, 0.3) is 0 Å². The predicted octanol–water partition coefficient (Wildman–Crippen LogP) is 4.38. The second-order valence-corrected chi connectivity index (χ2v) is 7.63. The molecule has 3 N–H and O–H groups in total. The van der Waals surface area contributed by atoms with Gasteiger partial charge in [-0.25, -0.2) is 18.5 Å². The molecule has 2 aromatic carbocycles. The molecule has 7 heteroatoms. The molecule has 144 valence electrons. The summed E-state index contributed by atoms with van der Waals surface area (Å²) in [5.41, 5.74) is 7.15. The lowest BCUT2D eigenvalue weighted by Crippen LogP contribution is -2.41. The monoisotopic (exact) mass is 375 g/mol. The van der Waals surface area contributed by atoms with E-state index in [1.54, 1.807) is 12.1 Å². The summed E-state index contributed by atoms with van der Waals surface area (Å²) in [5.74, 6) is -1.28. The van der Waals surface area contributed by atoms with Gasteiger partial charge in [-0.2, -0.15) is 0 Å². The maximum atomic E-state index is 14.2. The molecule has 1 aliphatic rings. The van der Waals surface area contributed by atoms with Gasteiger partial charge in [0.1, 0.15) is 28.5 Å². The molecular formula is C20H23F2N3O2. The summed E-state index contributed by atoms with van der Waals surface area (Å²) >= 11 is 0. The van der Waals surface area contributed by atoms with Crippen LogP contribution in [0.15, 0.2) is 30.3 Å². The van der Waals surface area contributed by atoms with E-state index >= 15 is 0 Å². The van der Waals surface area contributed by atoms with Gasteiger partial charge in [0, 0.05) is 30.0 Å². The number of benzene rings is 2. The SMILES string of the molecule is CC1(C)ON(c2cc(N)c(C=N)cc2Cc2ccc(F)cc2F)OC1(C)C. The molecule has 0 aromatic heterocycles. The number of hydrogen-bond acceptors (Lipinski definition) is 5. The van der Waals surface area contributed by atoms with Gasteiger partial charge in [-0.05, 0) is 57.0 Å². The molecule has 0 unspecified atom stereocenters. The number of hydrogen-bond donors (Lipinski definition) is 2. The molecule has 1 fully saturated rings. The molecule has 5 nitrogen and oxygen atoms in total. The summed E-state index contributed by atoms with van der Waals surface area (Å²) < 4.78 is 27.4. The maximum Gasteiger partial charge on any atom is 0.129 e. The van der Waals surface area contributed by atoms with Crippen molar-refractivity contribution in [3.8, 4) is 0 Å². The summed E-state index contributed by atoms with van der Waals surface area (Å²) in [5, 5.41) is 8.83. The van der Waals surface area contributed by atoms with E-state index in [0.29, 0.717) is 28.1 Å². The first-order chi connectivity index (χ1) is 12.5. The van der Waals surface area contributed by atoms with Crippen molar-refractivity contribution >= 4 is 17.6 Å². The van der Waals surface area contributed by atoms with E-state index in [0.717, 1.165) is 12.3 Å². The van der Waals surface area contributed by atoms with Crippen molar-refractivity contribution in [2.24, 2.45) is 0 Å². The molecule has 0 aliphatic carbocycles. The smallest absolute Gasteiger partial charge is 0.129 e. The van der Waals surface area contributed by atoms with Crippen LogP contribution in [0.4, 0.5) is 20.2 Å². The topological polar surface area (TPSA) is 71.6 Å². The Balaban J connectivity index is 2.06. The van der Waals surface area contributed by atoms with Crippen molar-refractivity contribution in [2.75, 3.05) is 11.0 Å². The number of nitrogens with one attached hydrogen (secondary N) is 1. The van der Waals surface area contributed by atoms with Crippen molar-refractivity contribution in [3.05, 3.63) is 58.7 Å². The highest BCUT2D eigenvalue weighted by Crippen LogP contribution is 2.42. The Morgan fingerprint density at radius 2 is 1.67 bits per heavy atom. The van der Waals surface area contributed by atoms with Crippen LogP contribution in [0.1, 0.15) is 44.4 Å². The van der Waals surface area contributed by atoms with E-state index in [9.17, 15) is 8.78 Å². The molecule has 27 heavy (non-hydrogen) atoms. The summed E-state index contributed by atoms with van der Waals surface area (Å²) in [7, 11) is 0. The van der Waals surface area contributed by atoms with Crippen molar-refractivity contribution < 1.29 is 18.5 Å². The molecule has 0 saturated carbocycles. The maximum absolute atomic E-state index is 14.2. The van der Waals surface area contributed by atoms with E-state index in [1.807, 2.05) is 27.7 Å². The lowest BCUT2D eigenvalue weighted by atomic mass is 9.90. The minimum Gasteiger partial charge on any atom is -0.398 e. The van der Waals surface area contributed by atoms with Crippen molar-refractivity contribution in [1.82, 2.24) is 0 Å². The third kappa shape index (κ3) is 3.52. The third-order valence-corrected chi connectivity index (χ3v) is 5.10. The van der Waals surface area contributed by atoms with Gasteiger partial charge in [-0.15, -0.1) is 5.23 Å². The summed E-state index contributed by atoms with van der Waals surface area (Å²) in [6.45, 7) is 7.62. The van der Waals surface area contributed by atoms with Gasteiger partial charge in [-0.3, -0.25) is 0 Å². The number of rotatable bonds is 4. The Kier molecular flexibility index (Phi) is 4.69. The summed E-state index contributed by atoms with van der Waals surface area (Å²) in [6, 6.07) is 6.77. The Bertz CT molecular complexity index is 881. The van der Waals surface area contributed by atoms with Crippen LogP contribution in [-0.4, -0.2) is 17.4 Å². The number of nitrogens with zero attached hydrogens (tertiary/aromatic N) is 1. The predicted molar refractivity (Wildman–Crippen MR) is 101 cm³/mol. The van der Waals surface area contributed by atoms with E-state index in [1.165, 1.54) is 17.4 Å². The van der Waals surface area contributed by atoms with Gasteiger partial charge in [0.15, 0.2) is 0 Å². The van der Waals surface area contributed by atoms with Crippen LogP contribution >= 0.6 is 0 Å². The Morgan fingerprint density at radius 3 is 2.22 bits per heavy atom. The zero-order chi connectivity index (χ0) is 20.0. The molecule has 2 aromatic rings. The average molecular weight is 375 g/mol. The minimum absolute atomic E-state index is 0.159. The average Bonchev–Trinajstić information content (AvgIpc) is 2.79. The van der Waals surface area contributed by atoms with Crippen molar-refractivity contribution in [1.29, 1.82) is 5.41 Å². The van der Waals surface area contributed by atoms with Crippen LogP contribution in [0, 0.1) is 17.0 Å². The number of anilines is 2. The van der Waals surface area contributed by atoms with E-state index in [4.69, 9.17) is 20.8 Å². The van der Waals surface area contributed by atoms with Gasteiger partial charge in [0.2, 0.25) is 0 Å². The molecule has 1 heterocycles. The van der Waals surface area contributed by atoms with Crippen LogP contribution in [0.3, 0.4) is 0 Å². The third-order valence-electron chi connectivity index (χ3n) is 5.10. The van der Waals surface area contributed by atoms with Crippen LogP contribution in [0.2, 0.25) is 0 Å². The van der Waals surface area contributed by atoms with Crippen LogP contribution in [0.25, 0.3) is 0 Å². The number of nitrogens with two attached hydrogens (primary N) is 1. The Morgan fingerprint density at radius 1 is 1.04 bits per heavy atom. The quantitative estimate of drug-likeness (QED) is 0.615. The lowest BCUT2D eigenvalue weighted by molar-refractivity contribution is -0.0276. The molecular weight excluding hydrogens is 352 g/mol. The highest BCUT2D eigenvalue weighted by molar-refractivity contribution is 5.87. The first-order valence-corrected chi connectivity index (χ1v) is 8.59. The minimum atomic E-state index is -0.641. The summed E-state index contributed by atoms with van der Waals surface area (Å²) in [6.07, 6.45) is 1.29. The van der Waals surface area contributed by atoms with Gasteiger partial charge in [0.05, 0.1) is 0 Å². The number of nitrogen functional groups attached to an aromatic ring is 1. The van der Waals surface area contributed by atoms with Gasteiger partial charge < -0.3 is 11.1 Å². The molecule has 0 spiro atoms. The van der Waals surface area contributed by atoms with Crippen LogP contribution in [-0.2, 0) is 16.1 Å². The molecule has 0 bridgehead atoms. The highest BCUT2D eigenvalue weighted by Gasteiger charge is 2.50. The Hall–Kier alpha value is -2.51. The standard InChI is InChI=1S/C20H23F2N3O2/c1-19(2)20(3,4)27-25(26-19)18-10-17(24)14(11-23)8-13(18)7-12-5-6-15(21)9-16(12)22/h5-6,8-11,23H,7,24H2,1-4H3. The van der Waals surface area contributed by atoms with Gasteiger partial charge in [-0.1, -0.05) is 6.07 Å². The second-order valence-electron chi connectivity index (χ2n) is 7.63. The lowest BCUT2D eigenvalue weighted by Gasteiger charge is -2.26. The van der Waals surface area contributed by atoms with Gasteiger partial charge >= 0.3 is 0 Å². The van der Waals surface area contributed by atoms with Crippen LogP contribution in [0.5, 0.6) is 0 Å². The van der Waals surface area contributed by atoms with E-state index < -0.39 is 22.8 Å². The molecule has 1 aliphatic heterocycles. The Labute approximate surface area is 157 Å². The fourth-order valence-electron chi connectivity index (χ4n) is 2.73. The molecule has 0 atom stereocenters. The van der Waals surface area contributed by atoms with Crippen LogP contribution < -0.4 is 11.0 Å². The van der Waals surface area contributed by atoms with E-state index in [2.05, 4.69) is 0 Å². The zero-order valence-corrected chi connectivity index (χ0v) is 15.8. The molecule has 0 radical (unpaired) electrons. The zero-order valence-electron chi connectivity index (χ0n) is 15.8. The first-order valence-electron chi connectivity index (χ1n) is 8.59. The van der Waals surface area contributed by atoms with E-state index in [-0.39, 0.29) is 6.42 Å². The molecule has 3 rings (SSSR count). The second kappa shape index (κ2) is 6.58. The largest absolute Gasteiger partial charge is 0.398 e. The number of halogens is 2. The van der Waals surface area contributed by atoms with Crippen molar-refractivity contribution in [3.63, 3.8) is 0 Å². The fraction of sp³-hybridized carbons (Fsp3) is 0.350. The van der Waals surface area contributed by atoms with Crippen molar-refractivity contribution in [2.45, 2.75) is 45.3 Å². The fourth-order valence-corrected chi connectivity index (χ4v) is 2.73.